The van der Waals surface area contributed by atoms with Gasteiger partial charge in [-0.05, 0) is 26.8 Å². The standard InChI is InChI=1S/C12H29NO3Si/c1-6-12(5)17(14-8-3,15-9-4)16-11-10-13-7-2/h12-13H,6-11H2,1-5H3. The second-order valence-electron chi connectivity index (χ2n) is 3.98. The fourth-order valence-corrected chi connectivity index (χ4v) is 4.44. The summed E-state index contributed by atoms with van der Waals surface area (Å²) in [6.45, 7) is 14.2. The van der Waals surface area contributed by atoms with Crippen molar-refractivity contribution in [2.75, 3.05) is 32.9 Å². The van der Waals surface area contributed by atoms with Crippen LogP contribution in [0.15, 0.2) is 0 Å². The van der Waals surface area contributed by atoms with E-state index in [1.54, 1.807) is 0 Å². The Morgan fingerprint density at radius 1 is 1.00 bits per heavy atom. The molecule has 0 bridgehead atoms. The molecule has 1 atom stereocenters. The van der Waals surface area contributed by atoms with Gasteiger partial charge in [0.05, 0.1) is 6.61 Å². The monoisotopic (exact) mass is 263 g/mol. The van der Waals surface area contributed by atoms with Crippen LogP contribution in [-0.2, 0) is 13.3 Å². The molecule has 4 nitrogen and oxygen atoms in total. The molecule has 0 aromatic carbocycles. The van der Waals surface area contributed by atoms with Crippen molar-refractivity contribution in [3.63, 3.8) is 0 Å². The van der Waals surface area contributed by atoms with Crippen LogP contribution in [0.5, 0.6) is 0 Å². The van der Waals surface area contributed by atoms with Gasteiger partial charge in [0.2, 0.25) is 0 Å². The Balaban J connectivity index is 4.42. The normalized spacial score (nSPS) is 13.9. The van der Waals surface area contributed by atoms with Gasteiger partial charge in [-0.2, -0.15) is 0 Å². The van der Waals surface area contributed by atoms with Crippen LogP contribution in [0.1, 0.15) is 41.0 Å². The number of hydrogen-bond donors (Lipinski definition) is 1. The third-order valence-electron chi connectivity index (χ3n) is 2.74. The van der Waals surface area contributed by atoms with E-state index in [-0.39, 0.29) is 0 Å². The molecule has 1 N–H and O–H groups in total. The molecule has 0 saturated heterocycles. The maximum Gasteiger partial charge on any atom is 0.503 e. The zero-order chi connectivity index (χ0) is 13.1. The number of nitrogens with one attached hydrogen (secondary N) is 1. The molecule has 0 aromatic heterocycles. The van der Waals surface area contributed by atoms with Crippen LogP contribution in [-0.4, -0.2) is 41.7 Å². The van der Waals surface area contributed by atoms with Gasteiger partial charge in [-0.3, -0.25) is 0 Å². The molecule has 17 heavy (non-hydrogen) atoms. The molecule has 0 spiro atoms. The molecule has 0 fully saturated rings. The van der Waals surface area contributed by atoms with E-state index < -0.39 is 8.80 Å². The van der Waals surface area contributed by atoms with Crippen molar-refractivity contribution >= 4 is 8.80 Å². The molecule has 0 amide bonds. The highest BCUT2D eigenvalue weighted by Crippen LogP contribution is 2.28. The smallest absolute Gasteiger partial charge is 0.374 e. The third-order valence-corrected chi connectivity index (χ3v) is 6.34. The highest BCUT2D eigenvalue weighted by atomic mass is 28.4. The predicted octanol–water partition coefficient (Wildman–Crippen LogP) is 2.42. The van der Waals surface area contributed by atoms with Crippen molar-refractivity contribution in [1.29, 1.82) is 0 Å². The molecular weight excluding hydrogens is 234 g/mol. The summed E-state index contributed by atoms with van der Waals surface area (Å²) in [5, 5.41) is 3.25. The highest BCUT2D eigenvalue weighted by Gasteiger charge is 2.45. The van der Waals surface area contributed by atoms with Gasteiger partial charge in [0.1, 0.15) is 0 Å². The van der Waals surface area contributed by atoms with Crippen LogP contribution in [0.3, 0.4) is 0 Å². The molecule has 0 aliphatic rings. The summed E-state index contributed by atoms with van der Waals surface area (Å²) < 4.78 is 17.7. The lowest BCUT2D eigenvalue weighted by Gasteiger charge is -2.33. The van der Waals surface area contributed by atoms with Gasteiger partial charge in [0.15, 0.2) is 0 Å². The van der Waals surface area contributed by atoms with Crippen molar-refractivity contribution < 1.29 is 13.3 Å². The Bertz CT molecular complexity index is 175. The van der Waals surface area contributed by atoms with Gasteiger partial charge in [0.25, 0.3) is 0 Å². The van der Waals surface area contributed by atoms with Crippen LogP contribution >= 0.6 is 0 Å². The maximum atomic E-state index is 6.00. The van der Waals surface area contributed by atoms with Gasteiger partial charge >= 0.3 is 8.80 Å². The second kappa shape index (κ2) is 10.0. The molecule has 0 heterocycles. The van der Waals surface area contributed by atoms with Gasteiger partial charge in [-0.25, -0.2) is 0 Å². The predicted molar refractivity (Wildman–Crippen MR) is 73.2 cm³/mol. The minimum absolute atomic E-state index is 0.351. The zero-order valence-electron chi connectivity index (χ0n) is 12.0. The first kappa shape index (κ1) is 17.1. The number of rotatable bonds is 11. The molecule has 0 aliphatic carbocycles. The van der Waals surface area contributed by atoms with Gasteiger partial charge in [-0.15, -0.1) is 0 Å². The first-order chi connectivity index (χ1) is 8.16. The minimum atomic E-state index is -2.49. The molecule has 0 aliphatic heterocycles. The molecule has 0 rings (SSSR count). The maximum absolute atomic E-state index is 6.00. The lowest BCUT2D eigenvalue weighted by Crippen LogP contribution is -2.50. The summed E-state index contributed by atoms with van der Waals surface area (Å²) in [6.07, 6.45) is 1.02. The Morgan fingerprint density at radius 2 is 1.59 bits per heavy atom. The Hall–Kier alpha value is 0.0569. The lowest BCUT2D eigenvalue weighted by atomic mass is 10.4. The second-order valence-corrected chi connectivity index (χ2v) is 7.04. The summed E-state index contributed by atoms with van der Waals surface area (Å²) >= 11 is 0. The molecule has 0 radical (unpaired) electrons. The minimum Gasteiger partial charge on any atom is -0.374 e. The number of hydrogen-bond acceptors (Lipinski definition) is 4. The topological polar surface area (TPSA) is 39.7 Å². The largest absolute Gasteiger partial charge is 0.503 e. The summed E-state index contributed by atoms with van der Waals surface area (Å²) in [5.41, 5.74) is 0.351. The van der Waals surface area contributed by atoms with E-state index in [4.69, 9.17) is 13.3 Å². The van der Waals surface area contributed by atoms with E-state index >= 15 is 0 Å². The lowest BCUT2D eigenvalue weighted by molar-refractivity contribution is 0.0587. The Labute approximate surface area is 107 Å². The number of likely N-dealkylation sites (N-methyl/N-ethyl adjacent to an activating group) is 1. The molecule has 104 valence electrons. The van der Waals surface area contributed by atoms with Gasteiger partial charge in [0, 0.05) is 25.3 Å². The van der Waals surface area contributed by atoms with Crippen LogP contribution < -0.4 is 5.32 Å². The molecule has 0 saturated carbocycles. The van der Waals surface area contributed by atoms with E-state index in [0.717, 1.165) is 19.5 Å². The van der Waals surface area contributed by atoms with E-state index in [0.29, 0.717) is 25.4 Å². The van der Waals surface area contributed by atoms with Crippen molar-refractivity contribution in [3.05, 3.63) is 0 Å². The van der Waals surface area contributed by atoms with Gasteiger partial charge in [-0.1, -0.05) is 20.8 Å². The molecule has 5 heteroatoms. The van der Waals surface area contributed by atoms with E-state index in [2.05, 4.69) is 26.1 Å². The van der Waals surface area contributed by atoms with Crippen molar-refractivity contribution in [2.45, 2.75) is 46.6 Å². The third kappa shape index (κ3) is 5.97. The average Bonchev–Trinajstić information content (AvgIpc) is 2.34. The van der Waals surface area contributed by atoms with E-state index in [1.807, 2.05) is 13.8 Å². The molecule has 1 unspecified atom stereocenters. The van der Waals surface area contributed by atoms with Crippen molar-refractivity contribution in [3.8, 4) is 0 Å². The fraction of sp³-hybridized carbons (Fsp3) is 1.00. The SMILES string of the molecule is CCNCCO[Si](OCC)(OCC)C(C)CC. The van der Waals surface area contributed by atoms with E-state index in [1.165, 1.54) is 0 Å². The Morgan fingerprint density at radius 3 is 2.00 bits per heavy atom. The summed E-state index contributed by atoms with van der Waals surface area (Å²) in [7, 11) is -2.49. The summed E-state index contributed by atoms with van der Waals surface area (Å²) in [4.78, 5) is 0. The van der Waals surface area contributed by atoms with Crippen molar-refractivity contribution in [2.24, 2.45) is 0 Å². The van der Waals surface area contributed by atoms with Gasteiger partial charge < -0.3 is 18.6 Å². The highest BCUT2D eigenvalue weighted by molar-refractivity contribution is 6.62. The first-order valence-electron chi connectivity index (χ1n) is 6.79. The quantitative estimate of drug-likeness (QED) is 0.459. The van der Waals surface area contributed by atoms with Crippen LogP contribution in [0.25, 0.3) is 0 Å². The zero-order valence-corrected chi connectivity index (χ0v) is 13.0. The summed E-state index contributed by atoms with van der Waals surface area (Å²) in [5.74, 6) is 0. The van der Waals surface area contributed by atoms with Crippen LogP contribution in [0, 0.1) is 0 Å². The fourth-order valence-electron chi connectivity index (χ4n) is 1.65. The van der Waals surface area contributed by atoms with Crippen LogP contribution in [0.4, 0.5) is 0 Å². The van der Waals surface area contributed by atoms with E-state index in [9.17, 15) is 0 Å². The van der Waals surface area contributed by atoms with Crippen molar-refractivity contribution in [1.82, 2.24) is 5.32 Å². The molecular formula is C12H29NO3Si. The van der Waals surface area contributed by atoms with Crippen LogP contribution in [0.2, 0.25) is 5.54 Å². The average molecular weight is 263 g/mol. The Kier molecular flexibility index (Phi) is 10.1. The summed E-state index contributed by atoms with van der Waals surface area (Å²) in [6, 6.07) is 0. The molecule has 0 aromatic rings. The first-order valence-corrected chi connectivity index (χ1v) is 8.59.